The molecule has 0 unspecified atom stereocenters. The summed E-state index contributed by atoms with van der Waals surface area (Å²) >= 11 is 6.38. The zero-order chi connectivity index (χ0) is 13.8. The average molecular weight is 276 g/mol. The molecular weight excluding hydrogens is 258 g/mol. The topological polar surface area (TPSA) is 42.2 Å². The molecular formula is C15H18ClN3. The van der Waals surface area contributed by atoms with E-state index in [1.54, 1.807) is 6.20 Å². The first-order valence-electron chi connectivity index (χ1n) is 6.35. The lowest BCUT2D eigenvalue weighted by molar-refractivity contribution is 0.974. The normalized spacial score (nSPS) is 10.5. The first-order chi connectivity index (χ1) is 9.17. The van der Waals surface area contributed by atoms with Crippen LogP contribution in [-0.4, -0.2) is 11.5 Å². The van der Waals surface area contributed by atoms with Crippen LogP contribution in [0, 0.1) is 6.92 Å². The summed E-state index contributed by atoms with van der Waals surface area (Å²) in [7, 11) is 0. The Balaban J connectivity index is 2.45. The number of rotatable bonds is 4. The molecule has 4 heteroatoms. The fourth-order valence-corrected chi connectivity index (χ4v) is 2.29. The van der Waals surface area contributed by atoms with Crippen molar-refractivity contribution in [2.75, 3.05) is 11.4 Å². The maximum absolute atomic E-state index is 6.38. The number of aromatic nitrogens is 1. The van der Waals surface area contributed by atoms with Gasteiger partial charge < -0.3 is 10.6 Å². The monoisotopic (exact) mass is 275 g/mol. The van der Waals surface area contributed by atoms with Crippen molar-refractivity contribution in [2.24, 2.45) is 5.73 Å². The van der Waals surface area contributed by atoms with Gasteiger partial charge in [0.15, 0.2) is 5.82 Å². The van der Waals surface area contributed by atoms with Gasteiger partial charge in [0.05, 0.1) is 5.02 Å². The van der Waals surface area contributed by atoms with Crippen LogP contribution in [0.15, 0.2) is 36.5 Å². The molecule has 2 rings (SSSR count). The smallest absolute Gasteiger partial charge is 0.152 e. The Labute approximate surface area is 119 Å². The molecule has 19 heavy (non-hydrogen) atoms. The van der Waals surface area contributed by atoms with Gasteiger partial charge in [-0.1, -0.05) is 29.3 Å². The van der Waals surface area contributed by atoms with Crippen LogP contribution in [0.1, 0.15) is 18.1 Å². The molecule has 3 nitrogen and oxygen atoms in total. The lowest BCUT2D eigenvalue weighted by atomic mass is 10.2. The van der Waals surface area contributed by atoms with Gasteiger partial charge >= 0.3 is 0 Å². The zero-order valence-electron chi connectivity index (χ0n) is 11.2. The van der Waals surface area contributed by atoms with Crippen molar-refractivity contribution in [2.45, 2.75) is 20.4 Å². The molecule has 1 heterocycles. The van der Waals surface area contributed by atoms with Crippen molar-refractivity contribution in [3.63, 3.8) is 0 Å². The van der Waals surface area contributed by atoms with Crippen molar-refractivity contribution in [1.82, 2.24) is 4.98 Å². The molecule has 2 aromatic rings. The van der Waals surface area contributed by atoms with Crippen LogP contribution in [0.5, 0.6) is 0 Å². The van der Waals surface area contributed by atoms with E-state index in [1.807, 2.05) is 6.07 Å². The number of nitrogens with zero attached hydrogens (tertiary/aromatic N) is 2. The molecule has 0 atom stereocenters. The fraction of sp³-hybridized carbons (Fsp3) is 0.267. The Bertz CT molecular complexity index is 552. The maximum atomic E-state index is 6.38. The van der Waals surface area contributed by atoms with Gasteiger partial charge in [0, 0.05) is 25.0 Å². The highest BCUT2D eigenvalue weighted by Gasteiger charge is 2.14. The number of anilines is 2. The van der Waals surface area contributed by atoms with E-state index in [0.717, 1.165) is 23.6 Å². The molecule has 0 aliphatic heterocycles. The van der Waals surface area contributed by atoms with Crippen molar-refractivity contribution in [3.8, 4) is 0 Å². The number of hydrogen-bond donors (Lipinski definition) is 1. The van der Waals surface area contributed by atoms with Crippen LogP contribution in [0.25, 0.3) is 0 Å². The Morgan fingerprint density at radius 1 is 1.21 bits per heavy atom. The summed E-state index contributed by atoms with van der Waals surface area (Å²) in [6.45, 7) is 5.36. The SMILES string of the molecule is CCN(c1ccc(C)cc1)c1nccc(CN)c1Cl. The van der Waals surface area contributed by atoms with E-state index in [0.29, 0.717) is 11.6 Å². The van der Waals surface area contributed by atoms with Crippen LogP contribution in [0.4, 0.5) is 11.5 Å². The van der Waals surface area contributed by atoms with E-state index < -0.39 is 0 Å². The van der Waals surface area contributed by atoms with E-state index in [4.69, 9.17) is 17.3 Å². The minimum Gasteiger partial charge on any atom is -0.326 e. The third-order valence-electron chi connectivity index (χ3n) is 3.09. The van der Waals surface area contributed by atoms with Crippen LogP contribution in [-0.2, 0) is 6.54 Å². The lowest BCUT2D eigenvalue weighted by Crippen LogP contribution is -2.18. The Morgan fingerprint density at radius 3 is 2.47 bits per heavy atom. The standard InChI is InChI=1S/C15H18ClN3/c1-3-19(13-6-4-11(2)5-7-13)15-14(16)12(10-17)8-9-18-15/h4-9H,3,10,17H2,1-2H3. The quantitative estimate of drug-likeness (QED) is 0.926. The fourth-order valence-electron chi connectivity index (χ4n) is 2.00. The van der Waals surface area contributed by atoms with Gasteiger partial charge in [-0.25, -0.2) is 4.98 Å². The first-order valence-corrected chi connectivity index (χ1v) is 6.72. The minimum atomic E-state index is 0.416. The van der Waals surface area contributed by atoms with Gasteiger partial charge in [-0.3, -0.25) is 0 Å². The van der Waals surface area contributed by atoms with Crippen molar-refractivity contribution in [3.05, 3.63) is 52.7 Å². The molecule has 0 saturated carbocycles. The second kappa shape index (κ2) is 6.04. The highest BCUT2D eigenvalue weighted by molar-refractivity contribution is 6.33. The summed E-state index contributed by atoms with van der Waals surface area (Å²) in [6.07, 6.45) is 1.75. The lowest BCUT2D eigenvalue weighted by Gasteiger charge is -2.24. The average Bonchev–Trinajstić information content (AvgIpc) is 2.43. The second-order valence-electron chi connectivity index (χ2n) is 4.39. The van der Waals surface area contributed by atoms with Gasteiger partial charge in [-0.15, -0.1) is 0 Å². The predicted molar refractivity (Wildman–Crippen MR) is 81.0 cm³/mol. The Kier molecular flexibility index (Phi) is 4.40. The molecule has 0 fully saturated rings. The number of nitrogens with two attached hydrogens (primary N) is 1. The Hall–Kier alpha value is -1.58. The molecule has 0 bridgehead atoms. The summed E-state index contributed by atoms with van der Waals surface area (Å²) in [5, 5.41) is 0.632. The Morgan fingerprint density at radius 2 is 1.89 bits per heavy atom. The predicted octanol–water partition coefficient (Wildman–Crippen LogP) is 3.66. The number of hydrogen-bond acceptors (Lipinski definition) is 3. The number of benzene rings is 1. The van der Waals surface area contributed by atoms with Crippen molar-refractivity contribution in [1.29, 1.82) is 0 Å². The summed E-state index contributed by atoms with van der Waals surface area (Å²) in [6, 6.07) is 10.2. The van der Waals surface area contributed by atoms with Gasteiger partial charge in [0.1, 0.15) is 0 Å². The summed E-state index contributed by atoms with van der Waals surface area (Å²) in [4.78, 5) is 6.48. The molecule has 0 aliphatic carbocycles. The third kappa shape index (κ3) is 2.88. The maximum Gasteiger partial charge on any atom is 0.152 e. The summed E-state index contributed by atoms with van der Waals surface area (Å²) in [5.41, 5.74) is 8.91. The van der Waals surface area contributed by atoms with Gasteiger partial charge in [0.25, 0.3) is 0 Å². The van der Waals surface area contributed by atoms with E-state index in [-0.39, 0.29) is 0 Å². The summed E-state index contributed by atoms with van der Waals surface area (Å²) < 4.78 is 0. The van der Waals surface area contributed by atoms with Gasteiger partial charge in [0.2, 0.25) is 0 Å². The van der Waals surface area contributed by atoms with E-state index in [2.05, 4.69) is 48.0 Å². The number of halogens is 1. The molecule has 0 radical (unpaired) electrons. The molecule has 100 valence electrons. The van der Waals surface area contributed by atoms with Crippen molar-refractivity contribution >= 4 is 23.1 Å². The summed E-state index contributed by atoms with van der Waals surface area (Å²) in [5.74, 6) is 0.760. The van der Waals surface area contributed by atoms with E-state index in [1.165, 1.54) is 5.56 Å². The molecule has 2 N–H and O–H groups in total. The van der Waals surface area contributed by atoms with Gasteiger partial charge in [-0.2, -0.15) is 0 Å². The highest BCUT2D eigenvalue weighted by atomic mass is 35.5. The van der Waals surface area contributed by atoms with Crippen LogP contribution >= 0.6 is 11.6 Å². The number of pyridine rings is 1. The third-order valence-corrected chi connectivity index (χ3v) is 3.50. The van der Waals surface area contributed by atoms with Crippen molar-refractivity contribution < 1.29 is 0 Å². The number of aryl methyl sites for hydroxylation is 1. The molecule has 0 aliphatic rings. The van der Waals surface area contributed by atoms with E-state index >= 15 is 0 Å². The highest BCUT2D eigenvalue weighted by Crippen LogP contribution is 2.31. The first kappa shape index (κ1) is 13.8. The molecule has 0 spiro atoms. The molecule has 0 saturated heterocycles. The van der Waals surface area contributed by atoms with Crippen LogP contribution in [0.2, 0.25) is 5.02 Å². The van der Waals surface area contributed by atoms with Gasteiger partial charge in [-0.05, 0) is 37.6 Å². The van der Waals surface area contributed by atoms with Crippen LogP contribution < -0.4 is 10.6 Å². The zero-order valence-corrected chi connectivity index (χ0v) is 12.0. The molecule has 0 amide bonds. The molecule has 1 aromatic heterocycles. The molecule has 1 aromatic carbocycles. The second-order valence-corrected chi connectivity index (χ2v) is 4.77. The van der Waals surface area contributed by atoms with Crippen LogP contribution in [0.3, 0.4) is 0 Å². The van der Waals surface area contributed by atoms with E-state index in [9.17, 15) is 0 Å². The minimum absolute atomic E-state index is 0.416. The largest absolute Gasteiger partial charge is 0.326 e.